The average Bonchev–Trinajstić information content (AvgIpc) is 2.63. The van der Waals surface area contributed by atoms with Gasteiger partial charge in [0.1, 0.15) is 18.9 Å². The van der Waals surface area contributed by atoms with Gasteiger partial charge in [0.25, 0.3) is 5.91 Å². The lowest BCUT2D eigenvalue weighted by Gasteiger charge is -2.21. The van der Waals surface area contributed by atoms with Crippen LogP contribution in [0.1, 0.15) is 15.9 Å². The zero-order valence-corrected chi connectivity index (χ0v) is 15.1. The standard InChI is InChI=1S/C19H20ClNO5/c1-25-10-11-26-17-8-4-15(5-9-17)19(24)21(13-18(22)23)12-14-2-6-16(20)7-3-14/h2-9H,10-13H2,1H3,(H,22,23). The zero-order valence-electron chi connectivity index (χ0n) is 14.4. The quantitative estimate of drug-likeness (QED) is 0.679. The first-order chi connectivity index (χ1) is 12.5. The summed E-state index contributed by atoms with van der Waals surface area (Å²) < 4.78 is 10.4. The molecule has 0 saturated heterocycles. The highest BCUT2D eigenvalue weighted by Crippen LogP contribution is 2.16. The SMILES string of the molecule is COCCOc1ccc(C(=O)N(CC(=O)O)Cc2ccc(Cl)cc2)cc1. The van der Waals surface area contributed by atoms with Crippen LogP contribution in [0.4, 0.5) is 0 Å². The monoisotopic (exact) mass is 377 g/mol. The Bertz CT molecular complexity index is 731. The molecule has 2 aromatic rings. The molecular weight excluding hydrogens is 358 g/mol. The Morgan fingerprint density at radius 3 is 2.27 bits per heavy atom. The third-order valence-corrected chi connectivity index (χ3v) is 3.81. The number of carboxylic acid groups (broad SMARTS) is 1. The minimum atomic E-state index is -1.08. The van der Waals surface area contributed by atoms with Crippen molar-refractivity contribution in [3.05, 3.63) is 64.7 Å². The molecule has 0 bridgehead atoms. The smallest absolute Gasteiger partial charge is 0.323 e. The molecule has 7 heteroatoms. The fourth-order valence-corrected chi connectivity index (χ4v) is 2.42. The molecule has 0 aliphatic carbocycles. The highest BCUT2D eigenvalue weighted by Gasteiger charge is 2.19. The van der Waals surface area contributed by atoms with Crippen LogP contribution >= 0.6 is 11.6 Å². The van der Waals surface area contributed by atoms with E-state index in [1.807, 2.05) is 0 Å². The maximum absolute atomic E-state index is 12.7. The minimum absolute atomic E-state index is 0.175. The second-order valence-corrected chi connectivity index (χ2v) is 5.98. The van der Waals surface area contributed by atoms with Crippen molar-refractivity contribution in [1.82, 2.24) is 4.90 Å². The summed E-state index contributed by atoms with van der Waals surface area (Å²) >= 11 is 5.86. The van der Waals surface area contributed by atoms with Gasteiger partial charge in [0.05, 0.1) is 6.61 Å². The number of carboxylic acids is 1. The van der Waals surface area contributed by atoms with Gasteiger partial charge < -0.3 is 19.5 Å². The number of hydrogen-bond acceptors (Lipinski definition) is 4. The summed E-state index contributed by atoms with van der Waals surface area (Å²) in [6.07, 6.45) is 0. The second-order valence-electron chi connectivity index (χ2n) is 5.55. The van der Waals surface area contributed by atoms with E-state index in [9.17, 15) is 9.59 Å². The van der Waals surface area contributed by atoms with Crippen LogP contribution < -0.4 is 4.74 Å². The maximum atomic E-state index is 12.7. The summed E-state index contributed by atoms with van der Waals surface area (Å²) in [6, 6.07) is 13.5. The first-order valence-corrected chi connectivity index (χ1v) is 8.34. The van der Waals surface area contributed by atoms with Crippen LogP contribution in [0.3, 0.4) is 0 Å². The molecular formula is C19H20ClNO5. The van der Waals surface area contributed by atoms with Gasteiger partial charge in [-0.25, -0.2) is 0 Å². The van der Waals surface area contributed by atoms with Gasteiger partial charge in [-0.05, 0) is 42.0 Å². The molecule has 1 N–H and O–H groups in total. The molecule has 0 aromatic heterocycles. The van der Waals surface area contributed by atoms with E-state index in [2.05, 4.69) is 0 Å². The van der Waals surface area contributed by atoms with Crippen LogP contribution in [0.25, 0.3) is 0 Å². The van der Waals surface area contributed by atoms with E-state index in [0.29, 0.717) is 29.5 Å². The van der Waals surface area contributed by atoms with Gasteiger partial charge in [0.2, 0.25) is 0 Å². The van der Waals surface area contributed by atoms with E-state index in [0.717, 1.165) is 5.56 Å². The Morgan fingerprint density at radius 1 is 1.04 bits per heavy atom. The fourth-order valence-electron chi connectivity index (χ4n) is 2.29. The normalized spacial score (nSPS) is 10.4. The van der Waals surface area contributed by atoms with Crippen molar-refractivity contribution in [3.8, 4) is 5.75 Å². The molecule has 26 heavy (non-hydrogen) atoms. The lowest BCUT2D eigenvalue weighted by molar-refractivity contribution is -0.137. The molecule has 0 radical (unpaired) electrons. The van der Waals surface area contributed by atoms with Gasteiger partial charge in [-0.2, -0.15) is 0 Å². The van der Waals surface area contributed by atoms with E-state index < -0.39 is 12.5 Å². The Kier molecular flexibility index (Phi) is 7.44. The predicted molar refractivity (Wildman–Crippen MR) is 97.6 cm³/mol. The van der Waals surface area contributed by atoms with E-state index in [1.54, 1.807) is 55.6 Å². The van der Waals surface area contributed by atoms with Crippen LogP contribution in [0.5, 0.6) is 5.75 Å². The van der Waals surface area contributed by atoms with Gasteiger partial charge in [-0.15, -0.1) is 0 Å². The number of methoxy groups -OCH3 is 1. The average molecular weight is 378 g/mol. The highest BCUT2D eigenvalue weighted by atomic mass is 35.5. The summed E-state index contributed by atoms with van der Waals surface area (Å²) in [5.41, 5.74) is 1.18. The van der Waals surface area contributed by atoms with Crippen molar-refractivity contribution in [2.45, 2.75) is 6.54 Å². The van der Waals surface area contributed by atoms with Crippen molar-refractivity contribution >= 4 is 23.5 Å². The van der Waals surface area contributed by atoms with Crippen molar-refractivity contribution in [3.63, 3.8) is 0 Å². The van der Waals surface area contributed by atoms with Gasteiger partial charge >= 0.3 is 5.97 Å². The number of carbonyl (C=O) groups is 2. The first-order valence-electron chi connectivity index (χ1n) is 7.97. The first kappa shape index (κ1) is 19.8. The molecule has 0 aliphatic rings. The van der Waals surface area contributed by atoms with Gasteiger partial charge in [-0.3, -0.25) is 9.59 Å². The van der Waals surface area contributed by atoms with Crippen LogP contribution in [-0.2, 0) is 16.1 Å². The van der Waals surface area contributed by atoms with Crippen molar-refractivity contribution in [2.75, 3.05) is 26.9 Å². The Labute approximate surface area is 156 Å². The van der Waals surface area contributed by atoms with E-state index in [1.165, 1.54) is 4.90 Å². The molecule has 0 fully saturated rings. The Balaban J connectivity index is 2.09. The molecule has 0 aliphatic heterocycles. The summed E-state index contributed by atoms with van der Waals surface area (Å²) in [5, 5.41) is 9.70. The van der Waals surface area contributed by atoms with E-state index in [-0.39, 0.29) is 12.5 Å². The zero-order chi connectivity index (χ0) is 18.9. The van der Waals surface area contributed by atoms with Crippen molar-refractivity contribution < 1.29 is 24.2 Å². The Morgan fingerprint density at radius 2 is 1.69 bits per heavy atom. The number of aliphatic carboxylic acids is 1. The van der Waals surface area contributed by atoms with Gasteiger partial charge in [0.15, 0.2) is 0 Å². The van der Waals surface area contributed by atoms with Gasteiger partial charge in [-0.1, -0.05) is 23.7 Å². The number of ether oxygens (including phenoxy) is 2. The van der Waals surface area contributed by atoms with Crippen LogP contribution in [-0.4, -0.2) is 48.8 Å². The largest absolute Gasteiger partial charge is 0.491 e. The van der Waals surface area contributed by atoms with Crippen molar-refractivity contribution in [1.29, 1.82) is 0 Å². The number of amides is 1. The molecule has 0 spiro atoms. The van der Waals surface area contributed by atoms with Crippen LogP contribution in [0.15, 0.2) is 48.5 Å². The summed E-state index contributed by atoms with van der Waals surface area (Å²) in [7, 11) is 1.59. The van der Waals surface area contributed by atoms with E-state index >= 15 is 0 Å². The summed E-state index contributed by atoms with van der Waals surface area (Å²) in [4.78, 5) is 25.1. The highest BCUT2D eigenvalue weighted by molar-refractivity contribution is 6.30. The van der Waals surface area contributed by atoms with Crippen LogP contribution in [0.2, 0.25) is 5.02 Å². The number of halogens is 1. The van der Waals surface area contributed by atoms with Crippen molar-refractivity contribution in [2.24, 2.45) is 0 Å². The van der Waals surface area contributed by atoms with Gasteiger partial charge in [0, 0.05) is 24.2 Å². The predicted octanol–water partition coefficient (Wildman–Crippen LogP) is 3.09. The molecule has 0 atom stereocenters. The summed E-state index contributed by atoms with van der Waals surface area (Å²) in [6.45, 7) is 0.654. The van der Waals surface area contributed by atoms with Crippen LogP contribution in [0, 0.1) is 0 Å². The molecule has 138 valence electrons. The Hall–Kier alpha value is -2.57. The third kappa shape index (κ3) is 6.06. The molecule has 6 nitrogen and oxygen atoms in total. The molecule has 1 amide bonds. The number of carbonyl (C=O) groups excluding carboxylic acids is 1. The molecule has 2 aromatic carbocycles. The third-order valence-electron chi connectivity index (χ3n) is 3.56. The number of hydrogen-bond donors (Lipinski definition) is 1. The molecule has 0 heterocycles. The fraction of sp³-hybridized carbons (Fsp3) is 0.263. The number of benzene rings is 2. The minimum Gasteiger partial charge on any atom is -0.491 e. The van der Waals surface area contributed by atoms with E-state index in [4.69, 9.17) is 26.2 Å². The maximum Gasteiger partial charge on any atom is 0.323 e. The number of rotatable bonds is 9. The topological polar surface area (TPSA) is 76.1 Å². The summed E-state index contributed by atoms with van der Waals surface area (Å²) in [5.74, 6) is -0.835. The molecule has 0 saturated carbocycles. The molecule has 2 rings (SSSR count). The lowest BCUT2D eigenvalue weighted by atomic mass is 10.1. The molecule has 0 unspecified atom stereocenters. The number of nitrogens with zero attached hydrogens (tertiary/aromatic N) is 1. The second kappa shape index (κ2) is 9.79. The lowest BCUT2D eigenvalue weighted by Crippen LogP contribution is -2.35.